The van der Waals surface area contributed by atoms with Crippen molar-refractivity contribution in [3.8, 4) is 0 Å². The van der Waals surface area contributed by atoms with Crippen LogP contribution in [0.2, 0.25) is 5.02 Å². The highest BCUT2D eigenvalue weighted by Gasteiger charge is 2.31. The maximum absolute atomic E-state index is 13.0. The molecule has 0 bridgehead atoms. The van der Waals surface area contributed by atoms with Gasteiger partial charge in [0, 0.05) is 18.0 Å². The Morgan fingerprint density at radius 3 is 3.00 bits per heavy atom. The van der Waals surface area contributed by atoms with Gasteiger partial charge in [0.25, 0.3) is 0 Å². The summed E-state index contributed by atoms with van der Waals surface area (Å²) in [6.45, 7) is 1.34. The molecule has 0 aliphatic carbocycles. The molecular formula is C11H13ClFNO. The Kier molecular flexibility index (Phi) is 2.96. The van der Waals surface area contributed by atoms with Crippen LogP contribution in [0.25, 0.3) is 0 Å². The van der Waals surface area contributed by atoms with Gasteiger partial charge in [-0.05, 0) is 36.7 Å². The molecule has 1 aliphatic heterocycles. The summed E-state index contributed by atoms with van der Waals surface area (Å²) in [5, 5.41) is 13.7. The third-order valence-electron chi connectivity index (χ3n) is 2.75. The standard InChI is InChI=1S/C11H13ClFNO/c12-10-2-1-9(13)5-8(10)6-11(15)3-4-14-7-11/h1-2,5,14-15H,3-4,6-7H2. The van der Waals surface area contributed by atoms with E-state index in [1.54, 1.807) is 0 Å². The van der Waals surface area contributed by atoms with E-state index in [0.29, 0.717) is 30.0 Å². The molecule has 0 saturated carbocycles. The number of nitrogens with one attached hydrogen (secondary N) is 1. The Labute approximate surface area is 93.1 Å². The molecule has 4 heteroatoms. The Hall–Kier alpha value is -0.640. The van der Waals surface area contributed by atoms with Crippen molar-refractivity contribution in [2.75, 3.05) is 13.1 Å². The van der Waals surface area contributed by atoms with E-state index < -0.39 is 5.60 Å². The van der Waals surface area contributed by atoms with Gasteiger partial charge in [-0.3, -0.25) is 0 Å². The second-order valence-corrected chi connectivity index (χ2v) is 4.47. The smallest absolute Gasteiger partial charge is 0.123 e. The van der Waals surface area contributed by atoms with Gasteiger partial charge in [-0.25, -0.2) is 4.39 Å². The molecule has 15 heavy (non-hydrogen) atoms. The zero-order chi connectivity index (χ0) is 10.9. The molecule has 1 saturated heterocycles. The van der Waals surface area contributed by atoms with Crippen molar-refractivity contribution in [1.82, 2.24) is 5.32 Å². The maximum Gasteiger partial charge on any atom is 0.123 e. The van der Waals surface area contributed by atoms with Crippen LogP contribution in [-0.4, -0.2) is 23.8 Å². The van der Waals surface area contributed by atoms with E-state index >= 15 is 0 Å². The molecule has 0 aromatic heterocycles. The molecule has 1 aromatic carbocycles. The van der Waals surface area contributed by atoms with Gasteiger partial charge in [-0.1, -0.05) is 11.6 Å². The Balaban J connectivity index is 2.19. The second kappa shape index (κ2) is 4.08. The minimum atomic E-state index is -0.780. The monoisotopic (exact) mass is 229 g/mol. The lowest BCUT2D eigenvalue weighted by Crippen LogP contribution is -2.33. The third-order valence-corrected chi connectivity index (χ3v) is 3.12. The number of aliphatic hydroxyl groups is 1. The summed E-state index contributed by atoms with van der Waals surface area (Å²) in [6.07, 6.45) is 1.08. The highest BCUT2D eigenvalue weighted by Crippen LogP contribution is 2.25. The van der Waals surface area contributed by atoms with Crippen LogP contribution in [0.4, 0.5) is 4.39 Å². The first-order valence-corrected chi connectivity index (χ1v) is 5.34. The molecule has 0 radical (unpaired) electrons. The molecule has 1 aliphatic rings. The van der Waals surface area contributed by atoms with Gasteiger partial charge in [0.05, 0.1) is 5.60 Å². The molecular weight excluding hydrogens is 217 g/mol. The number of hydrogen-bond acceptors (Lipinski definition) is 2. The molecule has 1 heterocycles. The first-order valence-electron chi connectivity index (χ1n) is 4.96. The predicted molar refractivity (Wildman–Crippen MR) is 57.6 cm³/mol. The number of hydrogen-bond donors (Lipinski definition) is 2. The zero-order valence-corrected chi connectivity index (χ0v) is 9.02. The highest BCUT2D eigenvalue weighted by atomic mass is 35.5. The summed E-state index contributed by atoms with van der Waals surface area (Å²) < 4.78 is 13.0. The van der Waals surface area contributed by atoms with Crippen molar-refractivity contribution in [1.29, 1.82) is 0 Å². The van der Waals surface area contributed by atoms with Gasteiger partial charge in [-0.15, -0.1) is 0 Å². The molecule has 82 valence electrons. The van der Waals surface area contributed by atoms with Crippen LogP contribution in [0.15, 0.2) is 18.2 Å². The van der Waals surface area contributed by atoms with Gasteiger partial charge < -0.3 is 10.4 Å². The van der Waals surface area contributed by atoms with Crippen LogP contribution < -0.4 is 5.32 Å². The predicted octanol–water partition coefficient (Wildman–Crippen LogP) is 1.75. The van der Waals surface area contributed by atoms with E-state index in [0.717, 1.165) is 6.54 Å². The van der Waals surface area contributed by atoms with Gasteiger partial charge >= 0.3 is 0 Å². The number of halogens is 2. The van der Waals surface area contributed by atoms with E-state index in [1.165, 1.54) is 18.2 Å². The van der Waals surface area contributed by atoms with Crippen LogP contribution in [0.5, 0.6) is 0 Å². The zero-order valence-electron chi connectivity index (χ0n) is 8.26. The minimum Gasteiger partial charge on any atom is -0.388 e. The topological polar surface area (TPSA) is 32.3 Å². The third kappa shape index (κ3) is 2.48. The number of rotatable bonds is 2. The largest absolute Gasteiger partial charge is 0.388 e. The molecule has 1 unspecified atom stereocenters. The fourth-order valence-corrected chi connectivity index (χ4v) is 2.10. The Bertz CT molecular complexity index is 364. The van der Waals surface area contributed by atoms with Crippen molar-refractivity contribution < 1.29 is 9.50 Å². The molecule has 2 N–H and O–H groups in total. The Morgan fingerprint density at radius 2 is 2.33 bits per heavy atom. The van der Waals surface area contributed by atoms with Crippen LogP contribution in [0.3, 0.4) is 0 Å². The lowest BCUT2D eigenvalue weighted by atomic mass is 9.94. The summed E-state index contributed by atoms with van der Waals surface area (Å²) in [5.74, 6) is -0.316. The maximum atomic E-state index is 13.0. The fraction of sp³-hybridized carbons (Fsp3) is 0.455. The van der Waals surface area contributed by atoms with E-state index in [2.05, 4.69) is 5.32 Å². The summed E-state index contributed by atoms with van der Waals surface area (Å²) >= 11 is 5.94. The molecule has 0 amide bonds. The van der Waals surface area contributed by atoms with Crippen molar-refractivity contribution >= 4 is 11.6 Å². The minimum absolute atomic E-state index is 0.316. The molecule has 2 rings (SSSR count). The molecule has 1 fully saturated rings. The normalized spacial score (nSPS) is 25.8. The number of β-amino-alcohol motifs (C(OH)–C–C–N with tert-alkyl or cyclic N) is 1. The Morgan fingerprint density at radius 1 is 1.53 bits per heavy atom. The van der Waals surface area contributed by atoms with Gasteiger partial charge in [-0.2, -0.15) is 0 Å². The van der Waals surface area contributed by atoms with Crippen molar-refractivity contribution in [3.63, 3.8) is 0 Å². The van der Waals surface area contributed by atoms with Crippen LogP contribution in [-0.2, 0) is 6.42 Å². The SMILES string of the molecule is OC1(Cc2cc(F)ccc2Cl)CCNC1. The quantitative estimate of drug-likeness (QED) is 0.810. The lowest BCUT2D eigenvalue weighted by molar-refractivity contribution is 0.0618. The number of benzene rings is 1. The van der Waals surface area contributed by atoms with Crippen LogP contribution >= 0.6 is 11.6 Å². The van der Waals surface area contributed by atoms with Crippen LogP contribution in [0, 0.1) is 5.82 Å². The van der Waals surface area contributed by atoms with Gasteiger partial charge in [0.1, 0.15) is 5.82 Å². The summed E-state index contributed by atoms with van der Waals surface area (Å²) in [4.78, 5) is 0. The highest BCUT2D eigenvalue weighted by molar-refractivity contribution is 6.31. The first-order chi connectivity index (χ1) is 7.09. The molecule has 0 spiro atoms. The lowest BCUT2D eigenvalue weighted by Gasteiger charge is -2.21. The van der Waals surface area contributed by atoms with E-state index in [-0.39, 0.29) is 5.82 Å². The van der Waals surface area contributed by atoms with E-state index in [9.17, 15) is 9.50 Å². The van der Waals surface area contributed by atoms with Gasteiger partial charge in [0.15, 0.2) is 0 Å². The van der Waals surface area contributed by atoms with Gasteiger partial charge in [0.2, 0.25) is 0 Å². The molecule has 1 atom stereocenters. The molecule has 2 nitrogen and oxygen atoms in total. The van der Waals surface area contributed by atoms with Crippen LogP contribution in [0.1, 0.15) is 12.0 Å². The second-order valence-electron chi connectivity index (χ2n) is 4.06. The first kappa shape index (κ1) is 10.9. The molecule has 1 aromatic rings. The summed E-state index contributed by atoms with van der Waals surface area (Å²) in [6, 6.07) is 4.24. The summed E-state index contributed by atoms with van der Waals surface area (Å²) in [5.41, 5.74) is -0.111. The summed E-state index contributed by atoms with van der Waals surface area (Å²) in [7, 11) is 0. The average molecular weight is 230 g/mol. The van der Waals surface area contributed by atoms with E-state index in [4.69, 9.17) is 11.6 Å². The fourth-order valence-electron chi connectivity index (χ4n) is 1.91. The van der Waals surface area contributed by atoms with Crippen molar-refractivity contribution in [3.05, 3.63) is 34.6 Å². The van der Waals surface area contributed by atoms with Crippen molar-refractivity contribution in [2.24, 2.45) is 0 Å². The average Bonchev–Trinajstić information content (AvgIpc) is 2.59. The van der Waals surface area contributed by atoms with Crippen molar-refractivity contribution in [2.45, 2.75) is 18.4 Å². The van der Waals surface area contributed by atoms with E-state index in [1.807, 2.05) is 0 Å².